The van der Waals surface area contributed by atoms with Crippen LogP contribution in [0.5, 0.6) is 0 Å². The van der Waals surface area contributed by atoms with Gasteiger partial charge in [-0.2, -0.15) is 0 Å². The maximum absolute atomic E-state index is 12.5. The molecule has 3 rings (SSSR count). The second-order valence-electron chi connectivity index (χ2n) is 6.23. The number of rotatable bonds is 6. The molecule has 6 nitrogen and oxygen atoms in total. The Bertz CT molecular complexity index is 703. The molecule has 1 fully saturated rings. The molecular weight excluding hydrogens is 280 g/mol. The van der Waals surface area contributed by atoms with E-state index in [-0.39, 0.29) is 11.4 Å². The van der Waals surface area contributed by atoms with Crippen LogP contribution in [0.15, 0.2) is 10.7 Å². The van der Waals surface area contributed by atoms with E-state index in [1.165, 1.54) is 6.33 Å². The van der Waals surface area contributed by atoms with Crippen LogP contribution in [0.4, 0.5) is 5.82 Å². The maximum atomic E-state index is 12.5. The fraction of sp³-hybridized carbons (Fsp3) is 0.562. The van der Waals surface area contributed by atoms with Crippen molar-refractivity contribution in [3.63, 3.8) is 0 Å². The largest absolute Gasteiger partial charge is 0.442 e. The molecule has 22 heavy (non-hydrogen) atoms. The molecule has 1 aliphatic rings. The highest BCUT2D eigenvalue weighted by Gasteiger charge is 2.38. The second-order valence-corrected chi connectivity index (χ2v) is 6.23. The number of nitrogens with zero attached hydrogens (tertiary/aromatic N) is 2. The zero-order valence-corrected chi connectivity index (χ0v) is 13.3. The molecule has 1 aliphatic carbocycles. The molecule has 2 N–H and O–H groups in total. The normalized spacial score (nSPS) is 15.8. The molecule has 0 bridgehead atoms. The van der Waals surface area contributed by atoms with Crippen molar-refractivity contribution >= 4 is 22.8 Å². The number of carbonyl (C=O) groups is 1. The molecule has 0 saturated heterocycles. The van der Waals surface area contributed by atoms with E-state index < -0.39 is 0 Å². The lowest BCUT2D eigenvalue weighted by Crippen LogP contribution is -2.25. The van der Waals surface area contributed by atoms with Crippen LogP contribution in [0.25, 0.3) is 11.1 Å². The number of carbonyl (C=O) groups excluding carboxylic acids is 1. The molecule has 0 atom stereocenters. The van der Waals surface area contributed by atoms with E-state index in [0.29, 0.717) is 34.8 Å². The third-order valence-corrected chi connectivity index (χ3v) is 4.13. The van der Waals surface area contributed by atoms with Crippen LogP contribution in [0.1, 0.15) is 55.6 Å². The molecule has 0 spiro atoms. The van der Waals surface area contributed by atoms with Gasteiger partial charge in [0, 0.05) is 12.1 Å². The smallest absolute Gasteiger partial charge is 0.255 e. The van der Waals surface area contributed by atoms with E-state index in [1.54, 1.807) is 6.92 Å². The number of hydrogen-bond acceptors (Lipinski definition) is 5. The number of furan rings is 1. The first kappa shape index (κ1) is 14.8. The fourth-order valence-corrected chi connectivity index (χ4v) is 2.48. The van der Waals surface area contributed by atoms with Gasteiger partial charge in [-0.05, 0) is 33.1 Å². The van der Waals surface area contributed by atoms with Gasteiger partial charge in [0.25, 0.3) is 5.91 Å². The van der Waals surface area contributed by atoms with Crippen LogP contribution in [0.3, 0.4) is 0 Å². The first-order valence-corrected chi connectivity index (χ1v) is 7.84. The average Bonchev–Trinajstić information content (AvgIpc) is 3.08. The lowest BCUT2D eigenvalue weighted by molar-refractivity contribution is 0.0953. The van der Waals surface area contributed by atoms with E-state index in [1.807, 2.05) is 0 Å². The molecular formula is C16H22N4O2. The topological polar surface area (TPSA) is 80.1 Å². The quantitative estimate of drug-likeness (QED) is 0.802. The lowest BCUT2D eigenvalue weighted by atomic mass is 10.1. The number of anilines is 1. The van der Waals surface area contributed by atoms with E-state index >= 15 is 0 Å². The number of aryl methyl sites for hydroxylation is 1. The number of amides is 1. The third kappa shape index (κ3) is 2.77. The Balaban J connectivity index is 1.97. The molecule has 2 heterocycles. The summed E-state index contributed by atoms with van der Waals surface area (Å²) in [6.45, 7) is 6.69. The standard InChI is InChI=1S/C16H22N4O2/c1-4-5-8-17-14(21)11-10(2)22-15-12(11)13(18-9-19-15)20-16(3)6-7-16/h9H,4-8H2,1-3H3,(H,17,21)(H,18,19,20). The monoisotopic (exact) mass is 302 g/mol. The summed E-state index contributed by atoms with van der Waals surface area (Å²) in [6.07, 6.45) is 5.68. The van der Waals surface area contributed by atoms with Gasteiger partial charge in [0.05, 0.1) is 10.9 Å². The minimum absolute atomic E-state index is 0.0718. The summed E-state index contributed by atoms with van der Waals surface area (Å²) in [7, 11) is 0. The Kier molecular flexibility index (Phi) is 3.76. The van der Waals surface area contributed by atoms with Crippen LogP contribution in [0, 0.1) is 6.92 Å². The van der Waals surface area contributed by atoms with E-state index in [2.05, 4.69) is 34.4 Å². The van der Waals surface area contributed by atoms with Crippen LogP contribution < -0.4 is 10.6 Å². The molecule has 118 valence electrons. The maximum Gasteiger partial charge on any atom is 0.255 e. The minimum Gasteiger partial charge on any atom is -0.442 e. The van der Waals surface area contributed by atoms with Gasteiger partial charge in [0.1, 0.15) is 17.9 Å². The zero-order valence-electron chi connectivity index (χ0n) is 13.3. The van der Waals surface area contributed by atoms with Crippen LogP contribution in [-0.4, -0.2) is 28.0 Å². The highest BCUT2D eigenvalue weighted by atomic mass is 16.3. The van der Waals surface area contributed by atoms with Crippen LogP contribution in [-0.2, 0) is 0 Å². The second kappa shape index (κ2) is 5.59. The molecule has 0 unspecified atom stereocenters. The van der Waals surface area contributed by atoms with Crippen molar-refractivity contribution in [1.29, 1.82) is 0 Å². The molecule has 0 aliphatic heterocycles. The van der Waals surface area contributed by atoms with Gasteiger partial charge in [-0.3, -0.25) is 4.79 Å². The predicted octanol–water partition coefficient (Wildman–Crippen LogP) is 3.03. The SMILES string of the molecule is CCCCNC(=O)c1c(C)oc2ncnc(NC3(C)CC3)c12. The van der Waals surface area contributed by atoms with Gasteiger partial charge in [-0.1, -0.05) is 13.3 Å². The zero-order chi connectivity index (χ0) is 15.7. The van der Waals surface area contributed by atoms with Crippen molar-refractivity contribution in [3.8, 4) is 0 Å². The van der Waals surface area contributed by atoms with Gasteiger partial charge in [0.2, 0.25) is 5.71 Å². The number of aromatic nitrogens is 2. The molecule has 2 aromatic heterocycles. The summed E-state index contributed by atoms with van der Waals surface area (Å²) in [4.78, 5) is 21.0. The number of fused-ring (bicyclic) bond motifs is 1. The van der Waals surface area contributed by atoms with Gasteiger partial charge < -0.3 is 15.1 Å². The highest BCUT2D eigenvalue weighted by Crippen LogP contribution is 2.40. The van der Waals surface area contributed by atoms with Crippen LogP contribution in [0.2, 0.25) is 0 Å². The summed E-state index contributed by atoms with van der Waals surface area (Å²) >= 11 is 0. The molecule has 0 aromatic carbocycles. The van der Waals surface area contributed by atoms with Crippen molar-refractivity contribution in [3.05, 3.63) is 17.7 Å². The first-order valence-electron chi connectivity index (χ1n) is 7.84. The predicted molar refractivity (Wildman–Crippen MR) is 85.0 cm³/mol. The van der Waals surface area contributed by atoms with Crippen LogP contribution >= 0.6 is 0 Å². The molecule has 6 heteroatoms. The van der Waals surface area contributed by atoms with Gasteiger partial charge >= 0.3 is 0 Å². The number of nitrogens with one attached hydrogen (secondary N) is 2. The van der Waals surface area contributed by atoms with Gasteiger partial charge in [-0.15, -0.1) is 0 Å². The summed E-state index contributed by atoms with van der Waals surface area (Å²) in [5.41, 5.74) is 1.07. The van der Waals surface area contributed by atoms with Gasteiger partial charge in [0.15, 0.2) is 0 Å². The Morgan fingerprint density at radius 2 is 2.18 bits per heavy atom. The van der Waals surface area contributed by atoms with Crippen molar-refractivity contribution in [2.75, 3.05) is 11.9 Å². The summed E-state index contributed by atoms with van der Waals surface area (Å²) < 4.78 is 5.65. The van der Waals surface area contributed by atoms with Crippen molar-refractivity contribution in [2.45, 2.75) is 52.0 Å². The Morgan fingerprint density at radius 1 is 1.41 bits per heavy atom. The van der Waals surface area contributed by atoms with Crippen molar-refractivity contribution < 1.29 is 9.21 Å². The number of hydrogen-bond donors (Lipinski definition) is 2. The first-order chi connectivity index (χ1) is 10.5. The molecule has 2 aromatic rings. The van der Waals surface area contributed by atoms with E-state index in [4.69, 9.17) is 4.42 Å². The molecule has 1 saturated carbocycles. The minimum atomic E-state index is -0.122. The summed E-state index contributed by atoms with van der Waals surface area (Å²) in [6, 6.07) is 0. The highest BCUT2D eigenvalue weighted by molar-refractivity contribution is 6.10. The van der Waals surface area contributed by atoms with Crippen molar-refractivity contribution in [2.24, 2.45) is 0 Å². The lowest BCUT2D eigenvalue weighted by Gasteiger charge is -2.13. The molecule has 1 amide bonds. The van der Waals surface area contributed by atoms with Crippen molar-refractivity contribution in [1.82, 2.24) is 15.3 Å². The van der Waals surface area contributed by atoms with E-state index in [9.17, 15) is 4.79 Å². The molecule has 0 radical (unpaired) electrons. The van der Waals surface area contributed by atoms with E-state index in [0.717, 1.165) is 25.7 Å². The number of unbranched alkanes of at least 4 members (excludes halogenated alkanes) is 1. The summed E-state index contributed by atoms with van der Waals surface area (Å²) in [5, 5.41) is 7.04. The Morgan fingerprint density at radius 3 is 2.86 bits per heavy atom. The Hall–Kier alpha value is -2.11. The fourth-order valence-electron chi connectivity index (χ4n) is 2.48. The Labute approximate surface area is 129 Å². The van der Waals surface area contributed by atoms with Gasteiger partial charge in [-0.25, -0.2) is 9.97 Å². The summed E-state index contributed by atoms with van der Waals surface area (Å²) in [5.74, 6) is 1.14. The average molecular weight is 302 g/mol. The third-order valence-electron chi connectivity index (χ3n) is 4.13.